The molecule has 2 nitrogen and oxygen atoms in total. The highest BCUT2D eigenvalue weighted by atomic mass is 15.1. The van der Waals surface area contributed by atoms with Crippen molar-refractivity contribution in [3.05, 3.63) is 18.0 Å². The summed E-state index contributed by atoms with van der Waals surface area (Å²) >= 11 is 0. The fourth-order valence-corrected chi connectivity index (χ4v) is 1.96. The van der Waals surface area contributed by atoms with E-state index in [-0.39, 0.29) is 5.41 Å². The van der Waals surface area contributed by atoms with Crippen LogP contribution >= 0.6 is 0 Å². The van der Waals surface area contributed by atoms with Crippen molar-refractivity contribution in [3.8, 4) is 0 Å². The molecule has 1 heterocycles. The molecule has 0 bridgehead atoms. The van der Waals surface area contributed by atoms with Gasteiger partial charge in [-0.1, -0.05) is 41.5 Å². The fraction of sp³-hybridized carbons (Fsp3) is 0.769. The molecule has 0 saturated carbocycles. The SMILES string of the molecule is CC(C)(C)CC(c1ccn[nH]1)C(C)(C)C. The van der Waals surface area contributed by atoms with E-state index in [2.05, 4.69) is 57.8 Å². The van der Waals surface area contributed by atoms with Crippen LogP contribution in [0.25, 0.3) is 0 Å². The van der Waals surface area contributed by atoms with E-state index in [1.807, 2.05) is 6.20 Å². The maximum Gasteiger partial charge on any atom is 0.0490 e. The van der Waals surface area contributed by atoms with Crippen LogP contribution in [0.1, 0.15) is 59.6 Å². The van der Waals surface area contributed by atoms with Crippen LogP contribution in [0.3, 0.4) is 0 Å². The van der Waals surface area contributed by atoms with Crippen molar-refractivity contribution in [2.75, 3.05) is 0 Å². The summed E-state index contributed by atoms with van der Waals surface area (Å²) in [5.74, 6) is 0.542. The third-order valence-electron chi connectivity index (χ3n) is 2.76. The van der Waals surface area contributed by atoms with Crippen molar-refractivity contribution in [1.82, 2.24) is 10.2 Å². The normalized spacial score (nSPS) is 15.3. The zero-order valence-electron chi connectivity index (χ0n) is 10.9. The Bertz CT molecular complexity index is 285. The van der Waals surface area contributed by atoms with Crippen molar-refractivity contribution in [2.24, 2.45) is 10.8 Å². The number of hydrogen-bond donors (Lipinski definition) is 1. The largest absolute Gasteiger partial charge is 0.282 e. The Balaban J connectivity index is 2.90. The molecular weight excluding hydrogens is 184 g/mol. The van der Waals surface area contributed by atoms with Gasteiger partial charge in [-0.05, 0) is 23.3 Å². The first-order valence-electron chi connectivity index (χ1n) is 5.69. The van der Waals surface area contributed by atoms with E-state index in [4.69, 9.17) is 0 Å². The first-order chi connectivity index (χ1) is 6.70. The zero-order valence-corrected chi connectivity index (χ0v) is 10.9. The van der Waals surface area contributed by atoms with E-state index in [1.54, 1.807) is 0 Å². The van der Waals surface area contributed by atoms with Crippen molar-refractivity contribution in [1.29, 1.82) is 0 Å². The molecule has 0 spiro atoms. The molecule has 0 aromatic carbocycles. The van der Waals surface area contributed by atoms with Crippen LogP contribution < -0.4 is 0 Å². The van der Waals surface area contributed by atoms with E-state index in [9.17, 15) is 0 Å². The van der Waals surface area contributed by atoms with Gasteiger partial charge < -0.3 is 0 Å². The van der Waals surface area contributed by atoms with Crippen molar-refractivity contribution >= 4 is 0 Å². The molecule has 86 valence electrons. The van der Waals surface area contributed by atoms with Crippen LogP contribution in [0.5, 0.6) is 0 Å². The van der Waals surface area contributed by atoms with Gasteiger partial charge in [-0.25, -0.2) is 0 Å². The number of hydrogen-bond acceptors (Lipinski definition) is 1. The van der Waals surface area contributed by atoms with Gasteiger partial charge in [-0.3, -0.25) is 5.10 Å². The first-order valence-corrected chi connectivity index (χ1v) is 5.69. The van der Waals surface area contributed by atoms with E-state index in [0.29, 0.717) is 11.3 Å². The zero-order chi connectivity index (χ0) is 11.7. The Morgan fingerprint density at radius 2 is 1.80 bits per heavy atom. The van der Waals surface area contributed by atoms with Gasteiger partial charge >= 0.3 is 0 Å². The van der Waals surface area contributed by atoms with Gasteiger partial charge in [0.25, 0.3) is 0 Å². The van der Waals surface area contributed by atoms with E-state index in [1.165, 1.54) is 12.1 Å². The Kier molecular flexibility index (Phi) is 3.27. The molecule has 1 aromatic rings. The average Bonchev–Trinajstić information content (AvgIpc) is 2.47. The molecule has 0 aliphatic carbocycles. The number of rotatable bonds is 2. The number of nitrogens with zero attached hydrogens (tertiary/aromatic N) is 1. The van der Waals surface area contributed by atoms with Gasteiger partial charge in [0.15, 0.2) is 0 Å². The lowest BCUT2D eigenvalue weighted by Crippen LogP contribution is -2.24. The summed E-state index contributed by atoms with van der Waals surface area (Å²) in [4.78, 5) is 0. The third-order valence-corrected chi connectivity index (χ3v) is 2.76. The average molecular weight is 208 g/mol. The van der Waals surface area contributed by atoms with Crippen LogP contribution in [0.4, 0.5) is 0 Å². The van der Waals surface area contributed by atoms with Gasteiger partial charge in [0.05, 0.1) is 0 Å². The summed E-state index contributed by atoms with van der Waals surface area (Å²) in [7, 11) is 0. The molecular formula is C13H24N2. The minimum Gasteiger partial charge on any atom is -0.282 e. The van der Waals surface area contributed by atoms with Gasteiger partial charge in [0, 0.05) is 17.8 Å². The van der Waals surface area contributed by atoms with E-state index < -0.39 is 0 Å². The predicted octanol–water partition coefficient (Wildman–Crippen LogP) is 3.98. The molecule has 0 amide bonds. The highest BCUT2D eigenvalue weighted by Gasteiger charge is 2.31. The lowest BCUT2D eigenvalue weighted by Gasteiger charge is -2.34. The molecule has 0 aliphatic rings. The van der Waals surface area contributed by atoms with Gasteiger partial charge in [-0.15, -0.1) is 0 Å². The summed E-state index contributed by atoms with van der Waals surface area (Å²) in [5, 5.41) is 7.18. The van der Waals surface area contributed by atoms with Gasteiger partial charge in [0.2, 0.25) is 0 Å². The van der Waals surface area contributed by atoms with Crippen LogP contribution in [0, 0.1) is 10.8 Å². The topological polar surface area (TPSA) is 28.7 Å². The van der Waals surface area contributed by atoms with Crippen LogP contribution in [-0.4, -0.2) is 10.2 Å². The van der Waals surface area contributed by atoms with Crippen LogP contribution in [0.2, 0.25) is 0 Å². The van der Waals surface area contributed by atoms with Crippen molar-refractivity contribution < 1.29 is 0 Å². The molecule has 1 N–H and O–H groups in total. The van der Waals surface area contributed by atoms with Gasteiger partial charge in [-0.2, -0.15) is 5.10 Å². The quantitative estimate of drug-likeness (QED) is 0.782. The second-order valence-electron chi connectivity index (χ2n) is 6.70. The van der Waals surface area contributed by atoms with E-state index >= 15 is 0 Å². The monoisotopic (exact) mass is 208 g/mol. The summed E-state index contributed by atoms with van der Waals surface area (Å²) in [6.45, 7) is 13.8. The smallest absolute Gasteiger partial charge is 0.0490 e. The highest BCUT2D eigenvalue weighted by Crippen LogP contribution is 2.42. The molecule has 0 aliphatic heterocycles. The van der Waals surface area contributed by atoms with Crippen LogP contribution in [-0.2, 0) is 0 Å². The molecule has 1 aromatic heterocycles. The number of aromatic nitrogens is 2. The summed E-state index contributed by atoms with van der Waals surface area (Å²) < 4.78 is 0. The fourth-order valence-electron chi connectivity index (χ4n) is 1.96. The third kappa shape index (κ3) is 3.69. The molecule has 0 radical (unpaired) electrons. The van der Waals surface area contributed by atoms with Gasteiger partial charge in [0.1, 0.15) is 0 Å². The summed E-state index contributed by atoms with van der Waals surface area (Å²) in [6.07, 6.45) is 3.02. The Morgan fingerprint density at radius 3 is 2.13 bits per heavy atom. The van der Waals surface area contributed by atoms with Crippen molar-refractivity contribution in [2.45, 2.75) is 53.9 Å². The maximum absolute atomic E-state index is 4.06. The number of H-pyrrole nitrogens is 1. The number of nitrogens with one attached hydrogen (secondary N) is 1. The maximum atomic E-state index is 4.06. The lowest BCUT2D eigenvalue weighted by atomic mass is 9.71. The Labute approximate surface area is 93.5 Å². The minimum absolute atomic E-state index is 0.278. The summed E-state index contributed by atoms with van der Waals surface area (Å²) in [5.41, 5.74) is 1.89. The predicted molar refractivity (Wildman–Crippen MR) is 64.9 cm³/mol. The Hall–Kier alpha value is -0.790. The molecule has 15 heavy (non-hydrogen) atoms. The first kappa shape index (κ1) is 12.3. The molecule has 1 unspecified atom stereocenters. The molecule has 0 saturated heterocycles. The van der Waals surface area contributed by atoms with Crippen LogP contribution in [0.15, 0.2) is 12.3 Å². The second kappa shape index (κ2) is 3.99. The standard InChI is InChI=1S/C13H24N2/c1-12(2,3)9-10(13(4,5)6)11-7-8-14-15-11/h7-8,10H,9H2,1-6H3,(H,14,15). The highest BCUT2D eigenvalue weighted by molar-refractivity contribution is 5.10. The second-order valence-corrected chi connectivity index (χ2v) is 6.70. The molecule has 0 fully saturated rings. The molecule has 1 atom stereocenters. The van der Waals surface area contributed by atoms with E-state index in [0.717, 1.165) is 0 Å². The lowest BCUT2D eigenvalue weighted by molar-refractivity contribution is 0.225. The Morgan fingerprint density at radius 1 is 1.20 bits per heavy atom. The number of aromatic amines is 1. The summed E-state index contributed by atoms with van der Waals surface area (Å²) in [6, 6.07) is 2.10. The van der Waals surface area contributed by atoms with Crippen molar-refractivity contribution in [3.63, 3.8) is 0 Å². The molecule has 2 heteroatoms. The minimum atomic E-state index is 0.278. The molecule has 1 rings (SSSR count).